The van der Waals surface area contributed by atoms with Crippen molar-refractivity contribution in [2.75, 3.05) is 27.4 Å². The van der Waals surface area contributed by atoms with Gasteiger partial charge in [-0.1, -0.05) is 25.1 Å². The number of aryl methyl sites for hydroxylation is 1. The molecule has 2 unspecified atom stereocenters. The fourth-order valence-corrected chi connectivity index (χ4v) is 3.08. The molecule has 0 aliphatic heterocycles. The number of rotatable bonds is 11. The van der Waals surface area contributed by atoms with Gasteiger partial charge in [-0.25, -0.2) is 0 Å². The van der Waals surface area contributed by atoms with Gasteiger partial charge >= 0.3 is 0 Å². The third-order valence-electron chi connectivity index (χ3n) is 4.98. The maximum Gasteiger partial charge on any atom is 0.122 e. The first-order chi connectivity index (χ1) is 13.5. The first-order valence-electron chi connectivity index (χ1n) is 9.79. The molecule has 1 N–H and O–H groups in total. The number of methoxy groups -OCH3 is 2. The van der Waals surface area contributed by atoms with Crippen LogP contribution in [-0.2, 0) is 6.54 Å². The van der Waals surface area contributed by atoms with Gasteiger partial charge < -0.3 is 19.3 Å². The van der Waals surface area contributed by atoms with E-state index in [1.165, 1.54) is 0 Å². The van der Waals surface area contributed by atoms with Crippen LogP contribution >= 0.6 is 0 Å². The van der Waals surface area contributed by atoms with E-state index in [0.717, 1.165) is 34.8 Å². The summed E-state index contributed by atoms with van der Waals surface area (Å²) < 4.78 is 16.6. The normalized spacial score (nSPS) is 13.2. The second-order valence-electron chi connectivity index (χ2n) is 7.14. The summed E-state index contributed by atoms with van der Waals surface area (Å²) in [5.41, 5.74) is 2.15. The maximum absolute atomic E-state index is 10.6. The monoisotopic (exact) mass is 387 g/mol. The summed E-state index contributed by atoms with van der Waals surface area (Å²) in [6.45, 7) is 7.82. The van der Waals surface area contributed by atoms with Gasteiger partial charge in [0.2, 0.25) is 0 Å². The lowest BCUT2D eigenvalue weighted by atomic mass is 10.1. The van der Waals surface area contributed by atoms with Gasteiger partial charge in [0.25, 0.3) is 0 Å². The van der Waals surface area contributed by atoms with Crippen molar-refractivity contribution in [1.82, 2.24) is 4.90 Å². The van der Waals surface area contributed by atoms with Crippen LogP contribution in [0.2, 0.25) is 0 Å². The van der Waals surface area contributed by atoms with Crippen LogP contribution in [0.15, 0.2) is 42.5 Å². The molecule has 2 rings (SSSR count). The zero-order valence-corrected chi connectivity index (χ0v) is 17.6. The Morgan fingerprint density at radius 3 is 2.25 bits per heavy atom. The number of nitrogens with zero attached hydrogens (tertiary/aromatic N) is 1. The largest absolute Gasteiger partial charge is 0.497 e. The number of hydrogen-bond acceptors (Lipinski definition) is 5. The molecule has 0 fully saturated rings. The minimum atomic E-state index is -0.582. The van der Waals surface area contributed by atoms with Gasteiger partial charge in [-0.3, -0.25) is 4.90 Å². The minimum Gasteiger partial charge on any atom is -0.497 e. The number of ether oxygens (including phenoxy) is 3. The summed E-state index contributed by atoms with van der Waals surface area (Å²) in [4.78, 5) is 2.26. The van der Waals surface area contributed by atoms with Crippen molar-refractivity contribution in [2.24, 2.45) is 0 Å². The summed E-state index contributed by atoms with van der Waals surface area (Å²) in [6, 6.07) is 14.1. The van der Waals surface area contributed by atoms with Crippen LogP contribution in [0.5, 0.6) is 17.2 Å². The van der Waals surface area contributed by atoms with Crippen LogP contribution in [0, 0.1) is 6.92 Å². The molecule has 154 valence electrons. The molecule has 2 aromatic rings. The van der Waals surface area contributed by atoms with Gasteiger partial charge in [-0.2, -0.15) is 0 Å². The minimum absolute atomic E-state index is 0.263. The molecule has 5 heteroatoms. The quantitative estimate of drug-likeness (QED) is 0.630. The van der Waals surface area contributed by atoms with E-state index in [1.807, 2.05) is 49.4 Å². The second kappa shape index (κ2) is 10.9. The molecule has 5 nitrogen and oxygen atoms in total. The molecule has 0 bridgehead atoms. The van der Waals surface area contributed by atoms with Gasteiger partial charge in [0.15, 0.2) is 0 Å². The van der Waals surface area contributed by atoms with Crippen LogP contribution in [0.4, 0.5) is 0 Å². The number of benzene rings is 2. The fourth-order valence-electron chi connectivity index (χ4n) is 3.08. The lowest BCUT2D eigenvalue weighted by molar-refractivity contribution is 0.0504. The van der Waals surface area contributed by atoms with Gasteiger partial charge in [0.1, 0.15) is 30.0 Å². The third kappa shape index (κ3) is 6.43. The van der Waals surface area contributed by atoms with Gasteiger partial charge in [-0.15, -0.1) is 0 Å². The van der Waals surface area contributed by atoms with Crippen LogP contribution < -0.4 is 14.2 Å². The van der Waals surface area contributed by atoms with Crippen LogP contribution in [0.25, 0.3) is 0 Å². The Balaban J connectivity index is 2.04. The Morgan fingerprint density at radius 1 is 1.04 bits per heavy atom. The van der Waals surface area contributed by atoms with Crippen molar-refractivity contribution in [2.45, 2.75) is 45.9 Å². The van der Waals surface area contributed by atoms with Gasteiger partial charge in [0, 0.05) is 25.2 Å². The van der Waals surface area contributed by atoms with Crippen molar-refractivity contribution < 1.29 is 19.3 Å². The topological polar surface area (TPSA) is 51.2 Å². The smallest absolute Gasteiger partial charge is 0.122 e. The molecular formula is C23H33NO4. The Labute approximate surface area is 168 Å². The maximum atomic E-state index is 10.6. The Bertz CT molecular complexity index is 712. The van der Waals surface area contributed by atoms with E-state index in [-0.39, 0.29) is 6.61 Å². The number of aliphatic hydroxyl groups excluding tert-OH is 1. The third-order valence-corrected chi connectivity index (χ3v) is 4.98. The molecule has 0 aromatic heterocycles. The van der Waals surface area contributed by atoms with E-state index in [4.69, 9.17) is 14.2 Å². The highest BCUT2D eigenvalue weighted by Gasteiger charge is 2.18. The van der Waals surface area contributed by atoms with Crippen molar-refractivity contribution in [3.8, 4) is 17.2 Å². The molecule has 0 saturated heterocycles. The Kier molecular flexibility index (Phi) is 8.61. The number of hydrogen-bond donors (Lipinski definition) is 1. The second-order valence-corrected chi connectivity index (χ2v) is 7.14. The van der Waals surface area contributed by atoms with Crippen molar-refractivity contribution >= 4 is 0 Å². The summed E-state index contributed by atoms with van der Waals surface area (Å²) in [5.74, 6) is 2.35. The Morgan fingerprint density at radius 2 is 1.68 bits per heavy atom. The van der Waals surface area contributed by atoms with E-state index in [9.17, 15) is 5.11 Å². The average Bonchev–Trinajstić information content (AvgIpc) is 2.71. The lowest BCUT2D eigenvalue weighted by Crippen LogP contribution is -2.40. The average molecular weight is 388 g/mol. The van der Waals surface area contributed by atoms with E-state index in [2.05, 4.69) is 18.7 Å². The molecule has 0 aliphatic rings. The van der Waals surface area contributed by atoms with E-state index in [0.29, 0.717) is 19.1 Å². The summed E-state index contributed by atoms with van der Waals surface area (Å²) in [6.07, 6.45) is 0.410. The molecule has 0 saturated carbocycles. The highest BCUT2D eigenvalue weighted by atomic mass is 16.5. The lowest BCUT2D eigenvalue weighted by Gasteiger charge is -2.30. The molecule has 2 atom stereocenters. The van der Waals surface area contributed by atoms with Gasteiger partial charge in [-0.05, 0) is 49.6 Å². The fraction of sp³-hybridized carbons (Fsp3) is 0.478. The molecule has 0 spiro atoms. The van der Waals surface area contributed by atoms with Gasteiger partial charge in [0.05, 0.1) is 14.2 Å². The van der Waals surface area contributed by atoms with E-state index >= 15 is 0 Å². The molecular weight excluding hydrogens is 354 g/mol. The predicted octanol–water partition coefficient (Wildman–Crippen LogP) is 4.05. The standard InChI is InChI=1S/C23H33NO4/c1-6-18(3)24(14-19-11-21(26-4)13-22(12-19)27-5)15-20(25)16-28-23-10-8-7-9-17(23)2/h7-13,18,20,25H,6,14-16H2,1-5H3. The van der Waals surface area contributed by atoms with Crippen LogP contribution in [0.3, 0.4) is 0 Å². The molecule has 28 heavy (non-hydrogen) atoms. The van der Waals surface area contributed by atoms with Crippen LogP contribution in [-0.4, -0.2) is 49.5 Å². The Hall–Kier alpha value is -2.24. The highest BCUT2D eigenvalue weighted by Crippen LogP contribution is 2.24. The molecule has 0 radical (unpaired) electrons. The number of aliphatic hydroxyl groups is 1. The summed E-state index contributed by atoms with van der Waals surface area (Å²) >= 11 is 0. The predicted molar refractivity (Wildman–Crippen MR) is 112 cm³/mol. The molecule has 0 heterocycles. The first kappa shape index (κ1) is 22.1. The van der Waals surface area contributed by atoms with E-state index < -0.39 is 6.10 Å². The zero-order valence-electron chi connectivity index (χ0n) is 17.6. The molecule has 0 amide bonds. The summed E-state index contributed by atoms with van der Waals surface area (Å²) in [7, 11) is 3.30. The highest BCUT2D eigenvalue weighted by molar-refractivity contribution is 5.38. The van der Waals surface area contributed by atoms with Crippen LogP contribution in [0.1, 0.15) is 31.4 Å². The molecule has 0 aliphatic carbocycles. The van der Waals surface area contributed by atoms with Crippen molar-refractivity contribution in [1.29, 1.82) is 0 Å². The number of para-hydroxylation sites is 1. The SMILES string of the molecule is CCC(C)N(Cc1cc(OC)cc(OC)c1)CC(O)COc1ccccc1C. The molecule has 2 aromatic carbocycles. The van der Waals surface area contributed by atoms with Crippen molar-refractivity contribution in [3.63, 3.8) is 0 Å². The summed E-state index contributed by atoms with van der Waals surface area (Å²) in [5, 5.41) is 10.6. The zero-order chi connectivity index (χ0) is 20.5. The van der Waals surface area contributed by atoms with Crippen molar-refractivity contribution in [3.05, 3.63) is 53.6 Å². The first-order valence-corrected chi connectivity index (χ1v) is 9.79. The van der Waals surface area contributed by atoms with E-state index in [1.54, 1.807) is 14.2 Å².